The Morgan fingerprint density at radius 1 is 0.872 bits per heavy atom. The molecule has 0 saturated heterocycles. The summed E-state index contributed by atoms with van der Waals surface area (Å²) >= 11 is 0. The number of ether oxygens (including phenoxy) is 1. The third kappa shape index (κ3) is 5.56. The van der Waals surface area contributed by atoms with Gasteiger partial charge in [-0.25, -0.2) is 16.8 Å². The zero-order chi connectivity index (χ0) is 27.6. The number of rotatable bonds is 7. The van der Waals surface area contributed by atoms with Gasteiger partial charge in [-0.15, -0.1) is 0 Å². The molecule has 0 spiro atoms. The van der Waals surface area contributed by atoms with E-state index in [9.17, 15) is 21.6 Å². The molecule has 0 unspecified atom stereocenters. The molecule has 0 fully saturated rings. The summed E-state index contributed by atoms with van der Waals surface area (Å²) in [5.41, 5.74) is 1.88. The number of pyridine rings is 1. The Morgan fingerprint density at radius 3 is 2.26 bits per heavy atom. The summed E-state index contributed by atoms with van der Waals surface area (Å²) in [6.45, 7) is 1.61. The van der Waals surface area contributed by atoms with E-state index >= 15 is 0 Å². The number of nitrogens with one attached hydrogen (secondary N) is 2. The molecule has 4 aromatic rings. The van der Waals surface area contributed by atoms with Gasteiger partial charge in [0.1, 0.15) is 5.75 Å². The molecule has 1 aromatic heterocycles. The Bertz CT molecular complexity index is 1710. The molecule has 0 radical (unpaired) electrons. The predicted molar refractivity (Wildman–Crippen MR) is 147 cm³/mol. The van der Waals surface area contributed by atoms with Crippen molar-refractivity contribution in [3.63, 3.8) is 0 Å². The Morgan fingerprint density at radius 2 is 1.56 bits per heavy atom. The fourth-order valence-electron chi connectivity index (χ4n) is 3.98. The summed E-state index contributed by atoms with van der Waals surface area (Å²) in [7, 11) is -7.85. The van der Waals surface area contributed by atoms with E-state index in [4.69, 9.17) is 4.74 Å². The molecule has 1 aliphatic heterocycles. The van der Waals surface area contributed by atoms with E-state index in [0.29, 0.717) is 17.1 Å². The molecule has 1 atom stereocenters. The highest BCUT2D eigenvalue weighted by atomic mass is 32.2. The Hall–Kier alpha value is -4.42. The molecule has 3 aromatic carbocycles. The van der Waals surface area contributed by atoms with Crippen molar-refractivity contribution in [2.45, 2.75) is 22.8 Å². The van der Waals surface area contributed by atoms with Crippen LogP contribution in [-0.4, -0.2) is 40.4 Å². The van der Waals surface area contributed by atoms with Crippen molar-refractivity contribution in [2.24, 2.45) is 0 Å². The Labute approximate surface area is 226 Å². The second-order valence-electron chi connectivity index (χ2n) is 8.78. The maximum atomic E-state index is 13.5. The van der Waals surface area contributed by atoms with Crippen LogP contribution in [0, 0.1) is 6.92 Å². The molecule has 0 saturated carbocycles. The van der Waals surface area contributed by atoms with Gasteiger partial charge in [0, 0.05) is 11.9 Å². The molecular formula is C27H24N4O6S2. The lowest BCUT2D eigenvalue weighted by Gasteiger charge is -2.34. The number of sulfonamides is 2. The summed E-state index contributed by atoms with van der Waals surface area (Å²) in [6, 6.07) is 21.8. The smallest absolute Gasteiger partial charge is 0.267 e. The van der Waals surface area contributed by atoms with Gasteiger partial charge < -0.3 is 10.1 Å². The normalized spacial score (nSPS) is 15.1. The van der Waals surface area contributed by atoms with E-state index in [0.717, 1.165) is 5.56 Å². The first-order valence-electron chi connectivity index (χ1n) is 11.8. The van der Waals surface area contributed by atoms with Crippen LogP contribution in [0.2, 0.25) is 0 Å². The van der Waals surface area contributed by atoms with Crippen LogP contribution in [0.5, 0.6) is 5.75 Å². The molecule has 2 N–H and O–H groups in total. The number of aromatic nitrogens is 1. The number of para-hydroxylation sites is 2. The monoisotopic (exact) mass is 564 g/mol. The summed E-state index contributed by atoms with van der Waals surface area (Å²) in [6.07, 6.45) is 1.76. The molecule has 1 aliphatic rings. The van der Waals surface area contributed by atoms with Gasteiger partial charge in [-0.2, -0.15) is 0 Å². The van der Waals surface area contributed by atoms with Crippen molar-refractivity contribution in [3.8, 4) is 5.75 Å². The van der Waals surface area contributed by atoms with Gasteiger partial charge in [-0.3, -0.25) is 18.8 Å². The van der Waals surface area contributed by atoms with Crippen molar-refractivity contribution in [2.75, 3.05) is 20.9 Å². The average molecular weight is 565 g/mol. The summed E-state index contributed by atoms with van der Waals surface area (Å²) in [5, 5.41) is 2.68. The number of nitrogens with zero attached hydrogens (tertiary/aromatic N) is 2. The third-order valence-corrected chi connectivity index (χ3v) is 9.17. The fraction of sp³-hybridized carbons (Fsp3) is 0.111. The highest BCUT2D eigenvalue weighted by Gasteiger charge is 2.37. The maximum absolute atomic E-state index is 13.5. The van der Waals surface area contributed by atoms with E-state index in [-0.39, 0.29) is 22.1 Å². The topological polar surface area (TPSA) is 135 Å². The van der Waals surface area contributed by atoms with Crippen molar-refractivity contribution in [1.82, 2.24) is 4.98 Å². The van der Waals surface area contributed by atoms with E-state index in [2.05, 4.69) is 15.0 Å². The third-order valence-electron chi connectivity index (χ3n) is 5.98. The Kier molecular flexibility index (Phi) is 6.98. The molecule has 0 aliphatic carbocycles. The largest absolute Gasteiger partial charge is 0.476 e. The zero-order valence-corrected chi connectivity index (χ0v) is 22.3. The van der Waals surface area contributed by atoms with Gasteiger partial charge in [0.05, 0.1) is 33.9 Å². The number of hydrogen-bond donors (Lipinski definition) is 2. The lowest BCUT2D eigenvalue weighted by Crippen LogP contribution is -2.48. The van der Waals surface area contributed by atoms with Crippen LogP contribution in [-0.2, 0) is 24.8 Å². The lowest BCUT2D eigenvalue weighted by molar-refractivity contribution is -0.122. The van der Waals surface area contributed by atoms with Crippen LogP contribution in [0.1, 0.15) is 5.56 Å². The number of amides is 1. The number of hydrogen-bond acceptors (Lipinski definition) is 7. The minimum absolute atomic E-state index is 0.0115. The first-order valence-corrected chi connectivity index (χ1v) is 14.7. The van der Waals surface area contributed by atoms with Crippen LogP contribution < -0.4 is 19.1 Å². The molecule has 1 amide bonds. The first-order chi connectivity index (χ1) is 18.6. The predicted octanol–water partition coefficient (Wildman–Crippen LogP) is 3.79. The molecular weight excluding hydrogens is 540 g/mol. The number of benzene rings is 3. The van der Waals surface area contributed by atoms with E-state index in [1.54, 1.807) is 48.5 Å². The van der Waals surface area contributed by atoms with Crippen molar-refractivity contribution < 1.29 is 26.4 Å². The van der Waals surface area contributed by atoms with E-state index in [1.165, 1.54) is 53.1 Å². The molecule has 12 heteroatoms. The standard InChI is InChI=1S/C27H24N4O6S2/c1-19-8-12-23(13-9-19)39(35,36)31-18-26(37-25-7-3-2-6-24(25)31)27(32)29-20-10-14-22(15-11-20)38(33,34)30-21-5-4-16-28-17-21/h2-17,26,30H,18H2,1H3,(H,29,32)/t26-/m1/s1. The van der Waals surface area contributed by atoms with Gasteiger partial charge in [-0.1, -0.05) is 29.8 Å². The van der Waals surface area contributed by atoms with Crippen LogP contribution in [0.15, 0.2) is 107 Å². The fourth-order valence-corrected chi connectivity index (χ4v) is 6.50. The van der Waals surface area contributed by atoms with E-state index < -0.39 is 32.1 Å². The van der Waals surface area contributed by atoms with Gasteiger partial charge >= 0.3 is 0 Å². The number of aryl methyl sites for hydroxylation is 1. The summed E-state index contributed by atoms with van der Waals surface area (Å²) in [5.74, 6) is -0.333. The Balaban J connectivity index is 1.34. The lowest BCUT2D eigenvalue weighted by atomic mass is 10.2. The number of fused-ring (bicyclic) bond motifs is 1. The molecule has 0 bridgehead atoms. The maximum Gasteiger partial charge on any atom is 0.267 e. The number of carbonyl (C=O) groups is 1. The van der Waals surface area contributed by atoms with Gasteiger partial charge in [-0.05, 0) is 67.6 Å². The molecule has 5 rings (SSSR count). The molecule has 39 heavy (non-hydrogen) atoms. The average Bonchev–Trinajstić information content (AvgIpc) is 2.93. The minimum atomic E-state index is -3.98. The van der Waals surface area contributed by atoms with Crippen molar-refractivity contribution >= 4 is 43.0 Å². The number of anilines is 3. The molecule has 10 nitrogen and oxygen atoms in total. The van der Waals surface area contributed by atoms with Gasteiger partial charge in [0.2, 0.25) is 0 Å². The zero-order valence-electron chi connectivity index (χ0n) is 20.7. The van der Waals surface area contributed by atoms with Gasteiger partial charge in [0.25, 0.3) is 26.0 Å². The van der Waals surface area contributed by atoms with Crippen LogP contribution in [0.25, 0.3) is 0 Å². The highest BCUT2D eigenvalue weighted by Crippen LogP contribution is 2.37. The summed E-state index contributed by atoms with van der Waals surface area (Å²) in [4.78, 5) is 17.1. The van der Waals surface area contributed by atoms with Crippen LogP contribution >= 0.6 is 0 Å². The highest BCUT2D eigenvalue weighted by molar-refractivity contribution is 7.93. The van der Waals surface area contributed by atoms with Gasteiger partial charge in [0.15, 0.2) is 6.10 Å². The molecule has 2 heterocycles. The first kappa shape index (κ1) is 26.2. The van der Waals surface area contributed by atoms with Crippen molar-refractivity contribution in [1.29, 1.82) is 0 Å². The minimum Gasteiger partial charge on any atom is -0.476 e. The van der Waals surface area contributed by atoms with Crippen LogP contribution in [0.3, 0.4) is 0 Å². The number of carbonyl (C=O) groups excluding carboxylic acids is 1. The van der Waals surface area contributed by atoms with Crippen LogP contribution in [0.4, 0.5) is 17.1 Å². The van der Waals surface area contributed by atoms with E-state index in [1.807, 2.05) is 6.92 Å². The second kappa shape index (κ2) is 10.4. The molecule has 200 valence electrons. The SMILES string of the molecule is Cc1ccc(S(=O)(=O)N2C[C@H](C(=O)Nc3ccc(S(=O)(=O)Nc4cccnc4)cc3)Oc3ccccc32)cc1. The summed E-state index contributed by atoms with van der Waals surface area (Å²) < 4.78 is 61.8. The quantitative estimate of drug-likeness (QED) is 0.349. The van der Waals surface area contributed by atoms with Crippen molar-refractivity contribution in [3.05, 3.63) is 103 Å². The second-order valence-corrected chi connectivity index (χ2v) is 12.3.